The lowest BCUT2D eigenvalue weighted by atomic mass is 10.2. The number of hydrogen-bond acceptors (Lipinski definition) is 6. The topological polar surface area (TPSA) is 107 Å². The van der Waals surface area contributed by atoms with Crippen LogP contribution in [-0.4, -0.2) is 23.9 Å². The highest BCUT2D eigenvalue weighted by Crippen LogP contribution is 2.35. The van der Waals surface area contributed by atoms with Gasteiger partial charge in [-0.2, -0.15) is 8.42 Å². The minimum absolute atomic E-state index is 0.0421. The molecule has 0 aliphatic carbocycles. The Labute approximate surface area is 176 Å². The molecule has 7 nitrogen and oxygen atoms in total. The average molecular weight is 447 g/mol. The van der Waals surface area contributed by atoms with Gasteiger partial charge < -0.3 is 9.92 Å². The van der Waals surface area contributed by atoms with Gasteiger partial charge in [0.25, 0.3) is 10.0 Å². The highest BCUT2D eigenvalue weighted by atomic mass is 32.2. The molecule has 0 aliphatic heterocycles. The fraction of sp³-hybridized carbons (Fsp3) is 0.143. The first-order chi connectivity index (χ1) is 14.0. The number of nitrogens with two attached hydrogens (primary N) is 1. The molecule has 0 aliphatic rings. The number of rotatable bonds is 6. The van der Waals surface area contributed by atoms with E-state index in [1.807, 2.05) is 13.8 Å². The summed E-state index contributed by atoms with van der Waals surface area (Å²) in [6.07, 6.45) is 0. The molecule has 0 heterocycles. The number of nitrogen functional groups attached to an aromatic ring is 1. The van der Waals surface area contributed by atoms with Gasteiger partial charge in [-0.3, -0.25) is 4.31 Å². The van der Waals surface area contributed by atoms with Crippen molar-refractivity contribution < 1.29 is 21.0 Å². The second-order valence-electron chi connectivity index (χ2n) is 6.86. The van der Waals surface area contributed by atoms with Crippen molar-refractivity contribution in [2.24, 2.45) is 0 Å². The molecule has 3 aromatic carbocycles. The van der Waals surface area contributed by atoms with Gasteiger partial charge in [0.05, 0.1) is 10.6 Å². The van der Waals surface area contributed by atoms with Gasteiger partial charge in [-0.05, 0) is 50.2 Å². The zero-order valence-corrected chi connectivity index (χ0v) is 18.4. The molecular formula is C21H22N2O5S2. The molecule has 0 spiro atoms. The third kappa shape index (κ3) is 4.42. The van der Waals surface area contributed by atoms with Crippen molar-refractivity contribution >= 4 is 31.5 Å². The van der Waals surface area contributed by atoms with Crippen LogP contribution < -0.4 is 14.2 Å². The van der Waals surface area contributed by atoms with Crippen LogP contribution in [0.4, 0.5) is 11.4 Å². The van der Waals surface area contributed by atoms with Gasteiger partial charge in [0, 0.05) is 18.8 Å². The SMILES string of the molecule is Cc1ccc(S(=O)(=O)Oc2cc(N)ccc2N(C)S(=O)(=O)c2ccc(C)cc2)cc1. The molecule has 3 aromatic rings. The first-order valence-corrected chi connectivity index (χ1v) is 11.8. The lowest BCUT2D eigenvalue weighted by Crippen LogP contribution is -2.27. The maximum Gasteiger partial charge on any atom is 0.339 e. The maximum atomic E-state index is 13.0. The maximum absolute atomic E-state index is 13.0. The lowest BCUT2D eigenvalue weighted by molar-refractivity contribution is 0.486. The highest BCUT2D eigenvalue weighted by Gasteiger charge is 2.26. The van der Waals surface area contributed by atoms with Crippen LogP contribution in [-0.2, 0) is 20.1 Å². The summed E-state index contributed by atoms with van der Waals surface area (Å²) in [4.78, 5) is 0.0188. The Hall–Kier alpha value is -3.04. The second-order valence-corrected chi connectivity index (χ2v) is 10.4. The Morgan fingerprint density at radius 2 is 1.27 bits per heavy atom. The van der Waals surface area contributed by atoms with Crippen LogP contribution in [0.3, 0.4) is 0 Å². The summed E-state index contributed by atoms with van der Waals surface area (Å²) in [5, 5.41) is 0. The van der Waals surface area contributed by atoms with Crippen molar-refractivity contribution in [3.63, 3.8) is 0 Å². The van der Waals surface area contributed by atoms with E-state index in [0.717, 1.165) is 15.4 Å². The summed E-state index contributed by atoms with van der Waals surface area (Å²) in [6.45, 7) is 3.68. The molecule has 0 fully saturated rings. The van der Waals surface area contributed by atoms with Crippen LogP contribution >= 0.6 is 0 Å². The van der Waals surface area contributed by atoms with Gasteiger partial charge >= 0.3 is 10.1 Å². The van der Waals surface area contributed by atoms with E-state index in [2.05, 4.69) is 0 Å². The summed E-state index contributed by atoms with van der Waals surface area (Å²) in [5.41, 5.74) is 7.88. The molecule has 0 aromatic heterocycles. The van der Waals surface area contributed by atoms with Crippen molar-refractivity contribution in [1.29, 1.82) is 0 Å². The van der Waals surface area contributed by atoms with E-state index in [1.165, 1.54) is 49.5 Å². The minimum Gasteiger partial charge on any atom is -0.399 e. The summed E-state index contributed by atoms with van der Waals surface area (Å²) >= 11 is 0. The Bertz CT molecular complexity index is 1270. The van der Waals surface area contributed by atoms with Crippen molar-refractivity contribution in [1.82, 2.24) is 0 Å². The van der Waals surface area contributed by atoms with Crippen LogP contribution in [0.25, 0.3) is 0 Å². The molecular weight excluding hydrogens is 424 g/mol. The molecule has 0 atom stereocenters. The smallest absolute Gasteiger partial charge is 0.339 e. The van der Waals surface area contributed by atoms with E-state index in [4.69, 9.17) is 9.92 Å². The highest BCUT2D eigenvalue weighted by molar-refractivity contribution is 7.92. The molecule has 2 N–H and O–H groups in total. The fourth-order valence-electron chi connectivity index (χ4n) is 2.73. The van der Waals surface area contributed by atoms with Crippen molar-refractivity contribution in [3.05, 3.63) is 77.9 Å². The fourth-order valence-corrected chi connectivity index (χ4v) is 4.87. The molecule has 3 rings (SSSR count). The van der Waals surface area contributed by atoms with E-state index >= 15 is 0 Å². The number of benzene rings is 3. The number of hydrogen-bond donors (Lipinski definition) is 1. The summed E-state index contributed by atoms with van der Waals surface area (Å²) in [6, 6.07) is 16.6. The van der Waals surface area contributed by atoms with E-state index < -0.39 is 20.1 Å². The third-order valence-electron chi connectivity index (χ3n) is 4.51. The molecule has 0 bridgehead atoms. The van der Waals surface area contributed by atoms with Crippen molar-refractivity contribution in [2.45, 2.75) is 23.6 Å². The van der Waals surface area contributed by atoms with Gasteiger partial charge in [-0.25, -0.2) is 8.42 Å². The predicted molar refractivity (Wildman–Crippen MR) is 117 cm³/mol. The monoisotopic (exact) mass is 446 g/mol. The lowest BCUT2D eigenvalue weighted by Gasteiger charge is -2.22. The zero-order valence-electron chi connectivity index (χ0n) is 16.7. The number of aryl methyl sites for hydroxylation is 2. The second kappa shape index (κ2) is 8.00. The average Bonchev–Trinajstić information content (AvgIpc) is 2.68. The quantitative estimate of drug-likeness (QED) is 0.459. The van der Waals surface area contributed by atoms with Gasteiger partial charge in [0.1, 0.15) is 4.90 Å². The molecule has 0 amide bonds. The summed E-state index contributed by atoms with van der Waals surface area (Å²) < 4.78 is 57.8. The first kappa shape index (κ1) is 21.7. The molecule has 0 saturated carbocycles. The third-order valence-corrected chi connectivity index (χ3v) is 7.55. The van der Waals surface area contributed by atoms with Crippen LogP contribution in [0.15, 0.2) is 76.5 Å². The number of nitrogens with zero attached hydrogens (tertiary/aromatic N) is 1. The zero-order chi connectivity index (χ0) is 22.1. The van der Waals surface area contributed by atoms with E-state index in [-0.39, 0.29) is 26.9 Å². The van der Waals surface area contributed by atoms with Crippen LogP contribution in [0.5, 0.6) is 5.75 Å². The van der Waals surface area contributed by atoms with E-state index in [9.17, 15) is 16.8 Å². The van der Waals surface area contributed by atoms with Crippen LogP contribution in [0.1, 0.15) is 11.1 Å². The predicted octanol–water partition coefficient (Wildman–Crippen LogP) is 3.48. The van der Waals surface area contributed by atoms with E-state index in [0.29, 0.717) is 0 Å². The van der Waals surface area contributed by atoms with Gasteiger partial charge in [0.15, 0.2) is 5.75 Å². The molecule has 0 saturated heterocycles. The molecule has 9 heteroatoms. The van der Waals surface area contributed by atoms with E-state index in [1.54, 1.807) is 24.3 Å². The molecule has 0 radical (unpaired) electrons. The van der Waals surface area contributed by atoms with Crippen molar-refractivity contribution in [2.75, 3.05) is 17.1 Å². The minimum atomic E-state index is -4.20. The Balaban J connectivity index is 2.03. The normalized spacial score (nSPS) is 11.8. The Morgan fingerprint density at radius 3 is 1.80 bits per heavy atom. The van der Waals surface area contributed by atoms with Crippen LogP contribution in [0.2, 0.25) is 0 Å². The summed E-state index contributed by atoms with van der Waals surface area (Å²) in [7, 11) is -6.82. The van der Waals surface area contributed by atoms with Gasteiger partial charge in [-0.15, -0.1) is 0 Å². The van der Waals surface area contributed by atoms with Gasteiger partial charge in [0.2, 0.25) is 0 Å². The Morgan fingerprint density at radius 1 is 0.767 bits per heavy atom. The first-order valence-electron chi connectivity index (χ1n) is 8.97. The van der Waals surface area contributed by atoms with Crippen LogP contribution in [0, 0.1) is 13.8 Å². The molecule has 30 heavy (non-hydrogen) atoms. The standard InChI is InChI=1S/C21H22N2O5S2/c1-15-4-9-18(10-5-15)29(24,25)23(3)20-13-8-17(22)14-21(20)28-30(26,27)19-11-6-16(2)7-12-19/h4-14H,22H2,1-3H3. The summed E-state index contributed by atoms with van der Waals surface area (Å²) in [5.74, 6) is -0.186. The number of sulfonamides is 1. The molecule has 0 unspecified atom stereocenters. The van der Waals surface area contributed by atoms with Gasteiger partial charge in [-0.1, -0.05) is 35.4 Å². The largest absolute Gasteiger partial charge is 0.399 e. The molecule has 158 valence electrons. The van der Waals surface area contributed by atoms with Crippen molar-refractivity contribution in [3.8, 4) is 5.75 Å². The Kier molecular flexibility index (Phi) is 5.78. The number of anilines is 2.